The summed E-state index contributed by atoms with van der Waals surface area (Å²) in [5, 5.41) is 12.7. The summed E-state index contributed by atoms with van der Waals surface area (Å²) < 4.78 is 18.6. The number of hydrogen-bond acceptors (Lipinski definition) is 3. The van der Waals surface area contributed by atoms with Crippen LogP contribution in [0.2, 0.25) is 0 Å². The smallest absolute Gasteiger partial charge is 0.311 e. The Hall–Kier alpha value is -1.62. The van der Waals surface area contributed by atoms with Crippen LogP contribution in [0.3, 0.4) is 0 Å². The summed E-state index contributed by atoms with van der Waals surface area (Å²) in [4.78, 5) is 11.6. The number of benzene rings is 1. The van der Waals surface area contributed by atoms with E-state index in [2.05, 4.69) is 5.32 Å². The topological polar surface area (TPSA) is 58.6 Å². The summed E-state index contributed by atoms with van der Waals surface area (Å²) >= 11 is 0. The minimum atomic E-state index is -0.933. The van der Waals surface area contributed by atoms with Gasteiger partial charge < -0.3 is 15.2 Å². The number of nitrogens with one attached hydrogen (secondary N) is 1. The molecule has 2 unspecified atom stereocenters. The zero-order valence-corrected chi connectivity index (χ0v) is 10.9. The van der Waals surface area contributed by atoms with Crippen molar-refractivity contribution in [2.45, 2.75) is 18.8 Å². The van der Waals surface area contributed by atoms with Crippen molar-refractivity contribution in [1.82, 2.24) is 5.32 Å². The molecule has 0 amide bonds. The molecule has 1 aliphatic rings. The number of halogens is 1. The standard InChI is InChI=1S/C14H18FNO3/c1-19-12-5-4-10(15)7-11(12)13(14(17)18)9-3-2-6-16-8-9/h4-5,7,9,13,16H,2-3,6,8H2,1H3,(H,17,18). The van der Waals surface area contributed by atoms with E-state index in [4.69, 9.17) is 4.74 Å². The Morgan fingerprint density at radius 3 is 2.95 bits per heavy atom. The van der Waals surface area contributed by atoms with Crippen LogP contribution in [0.1, 0.15) is 24.3 Å². The van der Waals surface area contributed by atoms with Gasteiger partial charge in [0.05, 0.1) is 13.0 Å². The largest absolute Gasteiger partial charge is 0.496 e. The van der Waals surface area contributed by atoms with Gasteiger partial charge in [0.2, 0.25) is 0 Å². The van der Waals surface area contributed by atoms with Gasteiger partial charge in [-0.15, -0.1) is 0 Å². The second-order valence-corrected chi connectivity index (χ2v) is 4.81. The Kier molecular flexibility index (Phi) is 4.37. The highest BCUT2D eigenvalue weighted by Crippen LogP contribution is 2.35. The number of piperidine rings is 1. The Labute approximate surface area is 111 Å². The summed E-state index contributed by atoms with van der Waals surface area (Å²) in [5.74, 6) is -1.72. The Morgan fingerprint density at radius 2 is 2.37 bits per heavy atom. The molecule has 104 valence electrons. The molecular formula is C14H18FNO3. The number of methoxy groups -OCH3 is 1. The van der Waals surface area contributed by atoms with Gasteiger partial charge in [0.25, 0.3) is 0 Å². The predicted octanol–water partition coefficient (Wildman–Crippen LogP) is 2.00. The monoisotopic (exact) mass is 267 g/mol. The van der Waals surface area contributed by atoms with Crippen molar-refractivity contribution in [3.8, 4) is 5.75 Å². The Morgan fingerprint density at radius 1 is 1.58 bits per heavy atom. The van der Waals surface area contributed by atoms with E-state index in [0.29, 0.717) is 17.9 Å². The maximum absolute atomic E-state index is 13.4. The quantitative estimate of drug-likeness (QED) is 0.876. The van der Waals surface area contributed by atoms with Gasteiger partial charge >= 0.3 is 5.97 Å². The van der Waals surface area contributed by atoms with Crippen molar-refractivity contribution in [1.29, 1.82) is 0 Å². The number of rotatable bonds is 4. The van der Waals surface area contributed by atoms with Crippen LogP contribution in [-0.4, -0.2) is 31.3 Å². The lowest BCUT2D eigenvalue weighted by molar-refractivity contribution is -0.140. The first-order valence-corrected chi connectivity index (χ1v) is 6.40. The van der Waals surface area contributed by atoms with E-state index < -0.39 is 17.7 Å². The van der Waals surface area contributed by atoms with Crippen molar-refractivity contribution in [2.24, 2.45) is 5.92 Å². The molecule has 2 atom stereocenters. The van der Waals surface area contributed by atoms with Gasteiger partial charge in [-0.3, -0.25) is 4.79 Å². The second-order valence-electron chi connectivity index (χ2n) is 4.81. The van der Waals surface area contributed by atoms with Crippen LogP contribution < -0.4 is 10.1 Å². The number of carbonyl (C=O) groups is 1. The van der Waals surface area contributed by atoms with Crippen LogP contribution in [0.4, 0.5) is 4.39 Å². The van der Waals surface area contributed by atoms with Crippen LogP contribution in [0.15, 0.2) is 18.2 Å². The maximum Gasteiger partial charge on any atom is 0.311 e. The third kappa shape index (κ3) is 3.04. The molecule has 1 aromatic carbocycles. The van der Waals surface area contributed by atoms with E-state index in [1.807, 2.05) is 0 Å². The highest BCUT2D eigenvalue weighted by atomic mass is 19.1. The molecule has 1 saturated heterocycles. The lowest BCUT2D eigenvalue weighted by Crippen LogP contribution is -2.36. The van der Waals surface area contributed by atoms with Gasteiger partial charge in [0, 0.05) is 5.56 Å². The summed E-state index contributed by atoms with van der Waals surface area (Å²) in [6, 6.07) is 4.03. The van der Waals surface area contributed by atoms with E-state index in [-0.39, 0.29) is 5.92 Å². The fraction of sp³-hybridized carbons (Fsp3) is 0.500. The molecule has 1 aliphatic heterocycles. The number of ether oxygens (including phenoxy) is 1. The Bertz CT molecular complexity index is 458. The molecule has 0 radical (unpaired) electrons. The Balaban J connectivity index is 2.37. The van der Waals surface area contributed by atoms with E-state index in [0.717, 1.165) is 19.4 Å². The normalized spacial score (nSPS) is 20.8. The average Bonchev–Trinajstić information content (AvgIpc) is 2.40. The highest BCUT2D eigenvalue weighted by molar-refractivity contribution is 5.77. The van der Waals surface area contributed by atoms with Gasteiger partial charge in [-0.25, -0.2) is 4.39 Å². The van der Waals surface area contributed by atoms with Crippen molar-refractivity contribution in [3.05, 3.63) is 29.6 Å². The zero-order valence-electron chi connectivity index (χ0n) is 10.9. The number of carboxylic acid groups (broad SMARTS) is 1. The molecule has 0 saturated carbocycles. The zero-order chi connectivity index (χ0) is 13.8. The third-order valence-corrected chi connectivity index (χ3v) is 3.60. The third-order valence-electron chi connectivity index (χ3n) is 3.60. The van der Waals surface area contributed by atoms with E-state index in [9.17, 15) is 14.3 Å². The molecule has 5 heteroatoms. The molecule has 1 fully saturated rings. The van der Waals surface area contributed by atoms with Crippen molar-refractivity contribution in [2.75, 3.05) is 20.2 Å². The van der Waals surface area contributed by atoms with Gasteiger partial charge in [-0.2, -0.15) is 0 Å². The lowest BCUT2D eigenvalue weighted by Gasteiger charge is -2.29. The van der Waals surface area contributed by atoms with Crippen LogP contribution in [0, 0.1) is 11.7 Å². The van der Waals surface area contributed by atoms with Gasteiger partial charge in [-0.05, 0) is 50.0 Å². The molecule has 1 aromatic rings. The number of carboxylic acids is 1. The maximum atomic E-state index is 13.4. The molecular weight excluding hydrogens is 249 g/mol. The van der Waals surface area contributed by atoms with E-state index in [1.165, 1.54) is 25.3 Å². The number of aliphatic carboxylic acids is 1. The van der Waals surface area contributed by atoms with Crippen LogP contribution in [-0.2, 0) is 4.79 Å². The van der Waals surface area contributed by atoms with E-state index >= 15 is 0 Å². The first-order valence-electron chi connectivity index (χ1n) is 6.40. The second kappa shape index (κ2) is 6.02. The molecule has 0 spiro atoms. The molecule has 2 N–H and O–H groups in total. The van der Waals surface area contributed by atoms with Crippen molar-refractivity contribution < 1.29 is 19.0 Å². The fourth-order valence-electron chi connectivity index (χ4n) is 2.70. The van der Waals surface area contributed by atoms with Gasteiger partial charge in [0.15, 0.2) is 0 Å². The minimum Gasteiger partial charge on any atom is -0.496 e. The first-order chi connectivity index (χ1) is 9.13. The lowest BCUT2D eigenvalue weighted by atomic mass is 9.81. The predicted molar refractivity (Wildman–Crippen MR) is 68.9 cm³/mol. The summed E-state index contributed by atoms with van der Waals surface area (Å²) in [5.41, 5.74) is 0.420. The summed E-state index contributed by atoms with van der Waals surface area (Å²) in [7, 11) is 1.47. The molecule has 2 rings (SSSR count). The first kappa shape index (κ1) is 13.8. The molecule has 0 aliphatic carbocycles. The van der Waals surface area contributed by atoms with Gasteiger partial charge in [-0.1, -0.05) is 0 Å². The molecule has 0 bridgehead atoms. The summed E-state index contributed by atoms with van der Waals surface area (Å²) in [6.45, 7) is 1.54. The average molecular weight is 267 g/mol. The van der Waals surface area contributed by atoms with Crippen LogP contribution >= 0.6 is 0 Å². The van der Waals surface area contributed by atoms with Crippen molar-refractivity contribution >= 4 is 5.97 Å². The molecule has 1 heterocycles. The minimum absolute atomic E-state index is 0.0399. The van der Waals surface area contributed by atoms with Gasteiger partial charge in [0.1, 0.15) is 11.6 Å². The van der Waals surface area contributed by atoms with Crippen LogP contribution in [0.25, 0.3) is 0 Å². The number of hydrogen-bond donors (Lipinski definition) is 2. The summed E-state index contributed by atoms with van der Waals surface area (Å²) in [6.07, 6.45) is 1.76. The van der Waals surface area contributed by atoms with E-state index in [1.54, 1.807) is 0 Å². The molecule has 4 nitrogen and oxygen atoms in total. The SMILES string of the molecule is COc1ccc(F)cc1C(C(=O)O)C1CCCNC1. The molecule has 19 heavy (non-hydrogen) atoms. The fourth-order valence-corrected chi connectivity index (χ4v) is 2.70. The molecule has 0 aromatic heterocycles. The van der Waals surface area contributed by atoms with Crippen molar-refractivity contribution in [3.63, 3.8) is 0 Å². The highest BCUT2D eigenvalue weighted by Gasteiger charge is 2.33. The van der Waals surface area contributed by atoms with Crippen LogP contribution in [0.5, 0.6) is 5.75 Å².